The van der Waals surface area contributed by atoms with E-state index < -0.39 is 28.0 Å². The van der Waals surface area contributed by atoms with E-state index in [0.717, 1.165) is 36.5 Å². The first-order valence-electron chi connectivity index (χ1n) is 7.31. The molecule has 8 nitrogen and oxygen atoms in total. The maximum absolute atomic E-state index is 13.6. The number of amides is 1. The van der Waals surface area contributed by atoms with Crippen molar-refractivity contribution in [2.75, 3.05) is 17.7 Å². The third-order valence-corrected chi connectivity index (χ3v) is 3.31. The van der Waals surface area contributed by atoms with Gasteiger partial charge in [-0.25, -0.2) is 8.78 Å². The average Bonchev–Trinajstić information content (AvgIpc) is 2.65. The zero-order valence-electron chi connectivity index (χ0n) is 13.8. The molecule has 27 heavy (non-hydrogen) atoms. The number of hydrogen-bond donors (Lipinski definition) is 2. The van der Waals surface area contributed by atoms with Crippen LogP contribution >= 0.6 is 0 Å². The van der Waals surface area contributed by atoms with Crippen molar-refractivity contribution in [1.29, 1.82) is 5.26 Å². The molecule has 0 radical (unpaired) electrons. The molecule has 0 aliphatic heterocycles. The molecule has 0 saturated heterocycles. The van der Waals surface area contributed by atoms with Gasteiger partial charge >= 0.3 is 0 Å². The number of ether oxygens (including phenoxy) is 1. The van der Waals surface area contributed by atoms with E-state index in [-0.39, 0.29) is 22.8 Å². The molecule has 0 aliphatic carbocycles. The number of halogens is 2. The fraction of sp³-hybridized carbons (Fsp3) is 0.0588. The number of nitrogens with one attached hydrogen (secondary N) is 2. The van der Waals surface area contributed by atoms with E-state index in [4.69, 9.17) is 10.00 Å². The first kappa shape index (κ1) is 19.3. The van der Waals surface area contributed by atoms with Crippen molar-refractivity contribution in [3.63, 3.8) is 0 Å². The number of carbonyl (C=O) groups excluding carboxylic acids is 1. The van der Waals surface area contributed by atoms with Gasteiger partial charge in [-0.2, -0.15) is 5.26 Å². The Morgan fingerprint density at radius 3 is 2.63 bits per heavy atom. The van der Waals surface area contributed by atoms with Crippen LogP contribution in [0.1, 0.15) is 0 Å². The van der Waals surface area contributed by atoms with Crippen LogP contribution in [0.5, 0.6) is 5.75 Å². The van der Waals surface area contributed by atoms with Gasteiger partial charge in [-0.15, -0.1) is 0 Å². The normalized spacial score (nSPS) is 10.7. The predicted molar refractivity (Wildman–Crippen MR) is 92.0 cm³/mol. The summed E-state index contributed by atoms with van der Waals surface area (Å²) in [5.41, 5.74) is -0.863. The summed E-state index contributed by atoms with van der Waals surface area (Å²) in [4.78, 5) is 22.3. The van der Waals surface area contributed by atoms with E-state index in [9.17, 15) is 23.7 Å². The number of nitro benzene ring substituents is 1. The lowest BCUT2D eigenvalue weighted by molar-refractivity contribution is -0.384. The van der Waals surface area contributed by atoms with Gasteiger partial charge in [0.05, 0.1) is 29.5 Å². The van der Waals surface area contributed by atoms with Gasteiger partial charge in [0.1, 0.15) is 29.0 Å². The van der Waals surface area contributed by atoms with E-state index in [1.165, 1.54) is 13.2 Å². The SMILES string of the molecule is COc1cc([N+](=O)[O-])ccc1NC(=O)/C(C#N)=C\Nc1cc(F)ccc1F. The van der Waals surface area contributed by atoms with Crippen LogP contribution < -0.4 is 15.4 Å². The molecule has 0 atom stereocenters. The lowest BCUT2D eigenvalue weighted by atomic mass is 10.2. The number of nitriles is 1. The van der Waals surface area contributed by atoms with Crippen LogP contribution in [0.3, 0.4) is 0 Å². The molecule has 0 spiro atoms. The van der Waals surface area contributed by atoms with E-state index >= 15 is 0 Å². The number of rotatable bonds is 6. The predicted octanol–water partition coefficient (Wildman–Crippen LogP) is 3.34. The largest absolute Gasteiger partial charge is 0.494 e. The fourth-order valence-corrected chi connectivity index (χ4v) is 1.99. The molecule has 0 unspecified atom stereocenters. The summed E-state index contributed by atoms with van der Waals surface area (Å²) in [7, 11) is 1.25. The number of methoxy groups -OCH3 is 1. The number of nitrogens with zero attached hydrogens (tertiary/aromatic N) is 2. The Labute approximate surface area is 151 Å². The van der Waals surface area contributed by atoms with Crippen LogP contribution in [0.4, 0.5) is 25.8 Å². The number of anilines is 2. The minimum atomic E-state index is -0.881. The summed E-state index contributed by atoms with van der Waals surface area (Å²) in [6, 6.07) is 7.77. The van der Waals surface area contributed by atoms with Crippen molar-refractivity contribution >= 4 is 23.0 Å². The standard InChI is InChI=1S/C17H12F2N4O4/c1-27-16-7-12(23(25)26)3-5-14(16)22-17(24)10(8-20)9-21-15-6-11(18)2-4-13(15)19/h2-7,9,21H,1H3,(H,22,24)/b10-9-. The number of carbonyl (C=O) groups is 1. The monoisotopic (exact) mass is 374 g/mol. The average molecular weight is 374 g/mol. The van der Waals surface area contributed by atoms with Gasteiger partial charge in [0.2, 0.25) is 0 Å². The second-order valence-electron chi connectivity index (χ2n) is 5.03. The Morgan fingerprint density at radius 1 is 1.26 bits per heavy atom. The molecule has 0 aliphatic rings. The van der Waals surface area contributed by atoms with Gasteiger partial charge in [0.25, 0.3) is 11.6 Å². The van der Waals surface area contributed by atoms with Gasteiger partial charge in [-0.1, -0.05) is 0 Å². The van der Waals surface area contributed by atoms with Gasteiger partial charge in [-0.05, 0) is 18.2 Å². The Hall–Kier alpha value is -4.00. The summed E-state index contributed by atoms with van der Waals surface area (Å²) < 4.78 is 31.7. The highest BCUT2D eigenvalue weighted by atomic mass is 19.1. The van der Waals surface area contributed by atoms with E-state index in [1.54, 1.807) is 6.07 Å². The van der Waals surface area contributed by atoms with Gasteiger partial charge < -0.3 is 15.4 Å². The zero-order valence-corrected chi connectivity index (χ0v) is 13.8. The molecule has 10 heteroatoms. The smallest absolute Gasteiger partial charge is 0.273 e. The van der Waals surface area contributed by atoms with Crippen molar-refractivity contribution in [2.45, 2.75) is 0 Å². The molecule has 0 aromatic heterocycles. The highest BCUT2D eigenvalue weighted by Gasteiger charge is 2.16. The number of benzene rings is 2. The van der Waals surface area contributed by atoms with Crippen LogP contribution in [0.2, 0.25) is 0 Å². The third kappa shape index (κ3) is 4.76. The van der Waals surface area contributed by atoms with E-state index in [2.05, 4.69) is 10.6 Å². The Kier molecular flexibility index (Phi) is 6.01. The van der Waals surface area contributed by atoms with Gasteiger partial charge in [0.15, 0.2) is 0 Å². The Balaban J connectivity index is 2.21. The molecule has 138 valence electrons. The molecule has 2 N–H and O–H groups in total. The number of hydrogen-bond acceptors (Lipinski definition) is 6. The second kappa shape index (κ2) is 8.39. The first-order chi connectivity index (χ1) is 12.8. The zero-order chi connectivity index (χ0) is 20.0. The molecule has 0 bridgehead atoms. The molecule has 2 aromatic carbocycles. The van der Waals surface area contributed by atoms with Crippen LogP contribution in [-0.4, -0.2) is 17.9 Å². The minimum absolute atomic E-state index is 0.0129. The van der Waals surface area contributed by atoms with Crippen molar-refractivity contribution in [3.05, 3.63) is 69.9 Å². The third-order valence-electron chi connectivity index (χ3n) is 3.31. The topological polar surface area (TPSA) is 117 Å². The molecule has 2 rings (SSSR count). The van der Waals surface area contributed by atoms with Crippen LogP contribution in [0.15, 0.2) is 48.2 Å². The van der Waals surface area contributed by atoms with Crippen molar-refractivity contribution in [2.24, 2.45) is 0 Å². The highest BCUT2D eigenvalue weighted by molar-refractivity contribution is 6.07. The molecular formula is C17H12F2N4O4. The Morgan fingerprint density at radius 2 is 2.00 bits per heavy atom. The second-order valence-corrected chi connectivity index (χ2v) is 5.03. The van der Waals surface area contributed by atoms with Crippen molar-refractivity contribution < 1.29 is 23.2 Å². The number of non-ortho nitro benzene ring substituents is 1. The molecule has 1 amide bonds. The summed E-state index contributed by atoms with van der Waals surface area (Å²) in [6.07, 6.45) is 0.908. The van der Waals surface area contributed by atoms with Crippen molar-refractivity contribution in [3.8, 4) is 11.8 Å². The van der Waals surface area contributed by atoms with Crippen LogP contribution in [0.25, 0.3) is 0 Å². The van der Waals surface area contributed by atoms with Crippen LogP contribution in [0, 0.1) is 33.1 Å². The molecule has 0 heterocycles. The van der Waals surface area contributed by atoms with E-state index in [0.29, 0.717) is 0 Å². The lowest BCUT2D eigenvalue weighted by Gasteiger charge is -2.10. The summed E-state index contributed by atoms with van der Waals surface area (Å²) in [6.45, 7) is 0. The molecular weight excluding hydrogens is 362 g/mol. The maximum Gasteiger partial charge on any atom is 0.273 e. The quantitative estimate of drug-likeness (QED) is 0.347. The summed E-state index contributed by atoms with van der Waals surface area (Å²) in [5, 5.41) is 24.6. The van der Waals surface area contributed by atoms with Crippen LogP contribution in [-0.2, 0) is 4.79 Å². The van der Waals surface area contributed by atoms with Gasteiger partial charge in [0, 0.05) is 18.3 Å². The summed E-state index contributed by atoms with van der Waals surface area (Å²) >= 11 is 0. The lowest BCUT2D eigenvalue weighted by Crippen LogP contribution is -2.15. The fourth-order valence-electron chi connectivity index (χ4n) is 1.99. The molecule has 2 aromatic rings. The first-order valence-corrected chi connectivity index (χ1v) is 7.31. The van der Waals surface area contributed by atoms with Gasteiger partial charge in [-0.3, -0.25) is 14.9 Å². The molecule has 0 fully saturated rings. The van der Waals surface area contributed by atoms with E-state index in [1.807, 2.05) is 0 Å². The maximum atomic E-state index is 13.6. The molecule has 0 saturated carbocycles. The Bertz CT molecular complexity index is 970. The number of nitro groups is 1. The minimum Gasteiger partial charge on any atom is -0.494 e. The summed E-state index contributed by atoms with van der Waals surface area (Å²) in [5.74, 6) is -2.35. The highest BCUT2D eigenvalue weighted by Crippen LogP contribution is 2.29. The van der Waals surface area contributed by atoms with Crippen molar-refractivity contribution in [1.82, 2.24) is 0 Å².